The third-order valence-electron chi connectivity index (χ3n) is 4.34. The van der Waals surface area contributed by atoms with Crippen LogP contribution in [0.5, 0.6) is 11.5 Å². The number of anilines is 1. The van der Waals surface area contributed by atoms with Gasteiger partial charge in [0.05, 0.1) is 23.0 Å². The minimum absolute atomic E-state index is 0.0439. The summed E-state index contributed by atoms with van der Waals surface area (Å²) in [6.45, 7) is -2.99. The van der Waals surface area contributed by atoms with Gasteiger partial charge in [0, 0.05) is 11.1 Å². The monoisotopic (exact) mass is 426 g/mol. The van der Waals surface area contributed by atoms with Gasteiger partial charge in [0.15, 0.2) is 11.5 Å². The summed E-state index contributed by atoms with van der Waals surface area (Å²) in [6, 6.07) is 19.2. The first-order valence-corrected chi connectivity index (χ1v) is 9.76. The summed E-state index contributed by atoms with van der Waals surface area (Å²) < 4.78 is 35.5. The summed E-state index contributed by atoms with van der Waals surface area (Å²) in [6.07, 6.45) is 0. The van der Waals surface area contributed by atoms with Crippen molar-refractivity contribution < 1.29 is 23.0 Å². The van der Waals surface area contributed by atoms with Gasteiger partial charge < -0.3 is 14.8 Å². The Morgan fingerprint density at radius 3 is 2.57 bits per heavy atom. The molecule has 1 N–H and O–H groups in total. The molecule has 1 heterocycles. The predicted molar refractivity (Wildman–Crippen MR) is 113 cm³/mol. The molecule has 0 aliphatic rings. The average molecular weight is 426 g/mol. The second-order valence-electron chi connectivity index (χ2n) is 6.23. The molecular formula is C22H16F2N2O3S. The van der Waals surface area contributed by atoms with Crippen LogP contribution in [-0.4, -0.2) is 24.6 Å². The molecule has 0 saturated carbocycles. The van der Waals surface area contributed by atoms with E-state index in [0.717, 1.165) is 20.8 Å². The normalized spacial score (nSPS) is 10.9. The number of aromatic nitrogens is 1. The fourth-order valence-corrected chi connectivity index (χ4v) is 3.97. The third kappa shape index (κ3) is 4.08. The lowest BCUT2D eigenvalue weighted by atomic mass is 10.1. The summed E-state index contributed by atoms with van der Waals surface area (Å²) >= 11 is 1.53. The number of ether oxygens (including phenoxy) is 2. The number of hydrogen-bond acceptors (Lipinski definition) is 5. The number of nitrogens with zero attached hydrogens (tertiary/aromatic N) is 1. The lowest BCUT2D eigenvalue weighted by molar-refractivity contribution is -0.0512. The highest BCUT2D eigenvalue weighted by molar-refractivity contribution is 7.21. The molecule has 0 radical (unpaired) electrons. The van der Waals surface area contributed by atoms with Gasteiger partial charge in [0.2, 0.25) is 0 Å². The number of nitrogens with one attached hydrogen (secondary N) is 1. The van der Waals surface area contributed by atoms with Crippen molar-refractivity contribution in [3.05, 3.63) is 72.3 Å². The lowest BCUT2D eigenvalue weighted by Gasteiger charge is -2.12. The number of fused-ring (bicyclic) bond motifs is 1. The van der Waals surface area contributed by atoms with Gasteiger partial charge in [-0.25, -0.2) is 4.98 Å². The first-order valence-electron chi connectivity index (χ1n) is 8.94. The molecule has 0 bridgehead atoms. The molecule has 4 rings (SSSR count). The molecule has 5 nitrogen and oxygen atoms in total. The van der Waals surface area contributed by atoms with E-state index in [-0.39, 0.29) is 17.1 Å². The number of thiazole rings is 1. The molecule has 152 valence electrons. The summed E-state index contributed by atoms with van der Waals surface area (Å²) in [5.41, 5.74) is 2.51. The Bertz CT molecular complexity index is 1180. The van der Waals surface area contributed by atoms with Gasteiger partial charge in [-0.2, -0.15) is 8.78 Å². The standard InChI is InChI=1S/C22H16F2N2O3S/c1-28-18-12-13(10-11-17(18)29-22(23)24)20(27)25-15-7-3-2-6-14(15)21-26-16-8-4-5-9-19(16)30-21/h2-12,22H,1H3,(H,25,27). The van der Waals surface area contributed by atoms with Crippen molar-refractivity contribution in [2.75, 3.05) is 12.4 Å². The van der Waals surface area contributed by atoms with Crippen molar-refractivity contribution in [3.8, 4) is 22.1 Å². The molecule has 0 spiro atoms. The minimum Gasteiger partial charge on any atom is -0.493 e. The second-order valence-corrected chi connectivity index (χ2v) is 7.26. The fraction of sp³-hybridized carbons (Fsp3) is 0.0909. The maximum absolute atomic E-state index is 12.8. The van der Waals surface area contributed by atoms with Crippen LogP contribution in [0.4, 0.5) is 14.5 Å². The van der Waals surface area contributed by atoms with E-state index in [9.17, 15) is 13.6 Å². The quantitative estimate of drug-likeness (QED) is 0.422. The van der Waals surface area contributed by atoms with Gasteiger partial charge in [0.1, 0.15) is 5.01 Å². The molecule has 0 unspecified atom stereocenters. The van der Waals surface area contributed by atoms with E-state index < -0.39 is 12.5 Å². The maximum atomic E-state index is 12.8. The van der Waals surface area contributed by atoms with Crippen molar-refractivity contribution >= 4 is 33.1 Å². The number of methoxy groups -OCH3 is 1. The van der Waals surface area contributed by atoms with E-state index in [2.05, 4.69) is 15.0 Å². The Hall–Kier alpha value is -3.52. The van der Waals surface area contributed by atoms with Crippen LogP contribution in [0.15, 0.2) is 66.7 Å². The number of hydrogen-bond donors (Lipinski definition) is 1. The zero-order chi connectivity index (χ0) is 21.1. The molecule has 3 aromatic carbocycles. The van der Waals surface area contributed by atoms with Crippen molar-refractivity contribution in [1.29, 1.82) is 0 Å². The van der Waals surface area contributed by atoms with Crippen LogP contribution in [0.2, 0.25) is 0 Å². The van der Waals surface area contributed by atoms with Gasteiger partial charge in [-0.3, -0.25) is 4.79 Å². The first-order chi connectivity index (χ1) is 14.5. The minimum atomic E-state index is -2.99. The largest absolute Gasteiger partial charge is 0.493 e. The van der Waals surface area contributed by atoms with Crippen LogP contribution in [0.1, 0.15) is 10.4 Å². The number of halogens is 2. The molecule has 8 heteroatoms. The highest BCUT2D eigenvalue weighted by Gasteiger charge is 2.16. The summed E-state index contributed by atoms with van der Waals surface area (Å²) in [7, 11) is 1.32. The number of carbonyl (C=O) groups excluding carboxylic acids is 1. The van der Waals surface area contributed by atoms with Crippen LogP contribution in [0, 0.1) is 0 Å². The highest BCUT2D eigenvalue weighted by atomic mass is 32.1. The van der Waals surface area contributed by atoms with E-state index in [1.807, 2.05) is 42.5 Å². The van der Waals surface area contributed by atoms with Gasteiger partial charge in [-0.1, -0.05) is 24.3 Å². The van der Waals surface area contributed by atoms with Crippen molar-refractivity contribution in [1.82, 2.24) is 4.98 Å². The van der Waals surface area contributed by atoms with Crippen LogP contribution in [-0.2, 0) is 0 Å². The SMILES string of the molecule is COc1cc(C(=O)Nc2ccccc2-c2nc3ccccc3s2)ccc1OC(F)F. The van der Waals surface area contributed by atoms with Crippen LogP contribution >= 0.6 is 11.3 Å². The van der Waals surface area contributed by atoms with Gasteiger partial charge in [-0.15, -0.1) is 11.3 Å². The number of rotatable bonds is 6. The Labute approximate surface area is 174 Å². The number of amides is 1. The Morgan fingerprint density at radius 1 is 1.03 bits per heavy atom. The highest BCUT2D eigenvalue weighted by Crippen LogP contribution is 2.35. The number of benzene rings is 3. The van der Waals surface area contributed by atoms with E-state index in [0.29, 0.717) is 5.69 Å². The smallest absolute Gasteiger partial charge is 0.387 e. The molecular weight excluding hydrogens is 410 g/mol. The zero-order valence-electron chi connectivity index (χ0n) is 15.8. The van der Waals surface area contributed by atoms with Crippen molar-refractivity contribution in [3.63, 3.8) is 0 Å². The molecule has 4 aromatic rings. The van der Waals surface area contributed by atoms with Gasteiger partial charge >= 0.3 is 6.61 Å². The van der Waals surface area contributed by atoms with Gasteiger partial charge in [0.25, 0.3) is 5.91 Å². The lowest BCUT2D eigenvalue weighted by Crippen LogP contribution is -2.13. The predicted octanol–water partition coefficient (Wildman–Crippen LogP) is 5.83. The van der Waals surface area contributed by atoms with Crippen LogP contribution in [0.25, 0.3) is 20.8 Å². The molecule has 1 amide bonds. The molecule has 0 aliphatic carbocycles. The van der Waals surface area contributed by atoms with E-state index in [1.54, 1.807) is 6.07 Å². The van der Waals surface area contributed by atoms with Gasteiger partial charge in [-0.05, 0) is 42.5 Å². The summed E-state index contributed by atoms with van der Waals surface area (Å²) in [5.74, 6) is -0.508. The fourth-order valence-electron chi connectivity index (χ4n) is 2.96. The maximum Gasteiger partial charge on any atom is 0.387 e. The molecule has 1 aromatic heterocycles. The van der Waals surface area contributed by atoms with Crippen LogP contribution < -0.4 is 14.8 Å². The Morgan fingerprint density at radius 2 is 1.80 bits per heavy atom. The van der Waals surface area contributed by atoms with E-state index in [4.69, 9.17) is 4.74 Å². The van der Waals surface area contributed by atoms with E-state index in [1.165, 1.54) is 36.6 Å². The topological polar surface area (TPSA) is 60.5 Å². The number of alkyl halides is 2. The summed E-state index contributed by atoms with van der Waals surface area (Å²) in [4.78, 5) is 17.4. The molecule has 0 saturated heterocycles. The molecule has 0 aliphatic heterocycles. The van der Waals surface area contributed by atoms with Crippen LogP contribution in [0.3, 0.4) is 0 Å². The Kier molecular flexibility index (Phi) is 5.58. The third-order valence-corrected chi connectivity index (χ3v) is 5.41. The molecule has 30 heavy (non-hydrogen) atoms. The molecule has 0 fully saturated rings. The van der Waals surface area contributed by atoms with E-state index >= 15 is 0 Å². The second kappa shape index (κ2) is 8.46. The summed E-state index contributed by atoms with van der Waals surface area (Å²) in [5, 5.41) is 3.65. The zero-order valence-corrected chi connectivity index (χ0v) is 16.6. The molecule has 0 atom stereocenters. The number of para-hydroxylation sites is 2. The Balaban J connectivity index is 1.63. The van der Waals surface area contributed by atoms with Crippen molar-refractivity contribution in [2.24, 2.45) is 0 Å². The number of carbonyl (C=O) groups is 1. The first kappa shape index (κ1) is 19.8. The average Bonchev–Trinajstić information content (AvgIpc) is 3.18. The van der Waals surface area contributed by atoms with Crippen molar-refractivity contribution in [2.45, 2.75) is 6.61 Å².